The van der Waals surface area contributed by atoms with Gasteiger partial charge in [-0.1, -0.05) is 0 Å². The molecule has 0 spiro atoms. The number of ketones is 1. The van der Waals surface area contributed by atoms with Gasteiger partial charge in [0.1, 0.15) is 0 Å². The number of carbonyl (C=O) groups is 2. The molecule has 0 aromatic rings. The number of sulfone groups is 1. The molecule has 94 valence electrons. The number of hydrogen-bond donors (Lipinski definition) is 0. The summed E-state index contributed by atoms with van der Waals surface area (Å²) < 4.78 is 28.7. The molecule has 2 aliphatic heterocycles. The Bertz CT molecular complexity index is 533. The SMILES string of the molecule is CO[C@H]1C(=O)N2C(C(C)=O)=C(C)CS(=O)(=O)[C@H]12. The van der Waals surface area contributed by atoms with Gasteiger partial charge in [0.15, 0.2) is 27.1 Å². The lowest BCUT2D eigenvalue weighted by Crippen LogP contribution is -2.70. The van der Waals surface area contributed by atoms with Gasteiger partial charge in [0.25, 0.3) is 5.91 Å². The third kappa shape index (κ3) is 1.53. The lowest BCUT2D eigenvalue weighted by molar-refractivity contribution is -0.160. The fourth-order valence-corrected chi connectivity index (χ4v) is 4.42. The Hall–Kier alpha value is -1.21. The lowest BCUT2D eigenvalue weighted by atomic mass is 10.0. The molecule has 0 radical (unpaired) electrons. The summed E-state index contributed by atoms with van der Waals surface area (Å²) in [7, 11) is -2.18. The molecule has 0 aromatic heterocycles. The topological polar surface area (TPSA) is 80.8 Å². The molecule has 1 fully saturated rings. The molecule has 0 unspecified atom stereocenters. The number of nitrogens with zero attached hydrogens (tertiary/aromatic N) is 1. The van der Waals surface area contributed by atoms with Gasteiger partial charge in [-0.2, -0.15) is 0 Å². The normalized spacial score (nSPS) is 31.0. The van der Waals surface area contributed by atoms with Crippen LogP contribution in [-0.4, -0.2) is 49.3 Å². The summed E-state index contributed by atoms with van der Waals surface area (Å²) in [6, 6.07) is 0. The summed E-state index contributed by atoms with van der Waals surface area (Å²) in [5, 5.41) is -1.04. The third-order valence-corrected chi connectivity index (χ3v) is 5.04. The minimum atomic E-state index is -3.46. The van der Waals surface area contributed by atoms with Gasteiger partial charge >= 0.3 is 0 Å². The first kappa shape index (κ1) is 12.3. The molecule has 2 rings (SSSR count). The first-order valence-corrected chi connectivity index (χ1v) is 6.81. The van der Waals surface area contributed by atoms with Gasteiger partial charge < -0.3 is 4.74 Å². The highest BCUT2D eigenvalue weighted by atomic mass is 32.2. The minimum Gasteiger partial charge on any atom is -0.368 e. The molecule has 0 aliphatic carbocycles. The summed E-state index contributed by atoms with van der Waals surface area (Å²) in [6.07, 6.45) is -0.984. The number of ether oxygens (including phenoxy) is 1. The van der Waals surface area contributed by atoms with E-state index in [0.29, 0.717) is 5.57 Å². The highest BCUT2D eigenvalue weighted by Crippen LogP contribution is 2.37. The molecule has 7 heteroatoms. The van der Waals surface area contributed by atoms with E-state index in [-0.39, 0.29) is 17.2 Å². The Kier molecular flexibility index (Phi) is 2.62. The molecule has 2 heterocycles. The maximum atomic E-state index is 11.9. The van der Waals surface area contributed by atoms with E-state index in [9.17, 15) is 18.0 Å². The van der Waals surface area contributed by atoms with E-state index >= 15 is 0 Å². The van der Waals surface area contributed by atoms with Gasteiger partial charge in [0.2, 0.25) is 0 Å². The molecule has 0 saturated carbocycles. The van der Waals surface area contributed by atoms with Crippen molar-refractivity contribution in [1.29, 1.82) is 0 Å². The second-order valence-corrected chi connectivity index (χ2v) is 6.34. The summed E-state index contributed by atoms with van der Waals surface area (Å²) >= 11 is 0. The summed E-state index contributed by atoms with van der Waals surface area (Å²) in [6.45, 7) is 2.87. The van der Waals surface area contributed by atoms with Crippen molar-refractivity contribution in [2.45, 2.75) is 25.3 Å². The van der Waals surface area contributed by atoms with E-state index in [1.807, 2.05) is 0 Å². The van der Waals surface area contributed by atoms with E-state index in [2.05, 4.69) is 0 Å². The van der Waals surface area contributed by atoms with Crippen LogP contribution >= 0.6 is 0 Å². The van der Waals surface area contributed by atoms with Crippen LogP contribution in [0.2, 0.25) is 0 Å². The van der Waals surface area contributed by atoms with Crippen LogP contribution in [0.1, 0.15) is 13.8 Å². The van der Waals surface area contributed by atoms with Crippen molar-refractivity contribution in [3.63, 3.8) is 0 Å². The highest BCUT2D eigenvalue weighted by Gasteiger charge is 2.59. The van der Waals surface area contributed by atoms with Gasteiger partial charge in [-0.15, -0.1) is 0 Å². The average molecular weight is 259 g/mol. The summed E-state index contributed by atoms with van der Waals surface area (Å²) in [5.74, 6) is -0.966. The number of amides is 1. The van der Waals surface area contributed by atoms with Gasteiger partial charge in [-0.05, 0) is 12.5 Å². The van der Waals surface area contributed by atoms with Crippen molar-refractivity contribution in [2.24, 2.45) is 0 Å². The van der Waals surface area contributed by atoms with Crippen LogP contribution < -0.4 is 0 Å². The first-order valence-electron chi connectivity index (χ1n) is 5.09. The van der Waals surface area contributed by atoms with Crippen molar-refractivity contribution in [1.82, 2.24) is 4.90 Å². The Morgan fingerprint density at radius 3 is 2.53 bits per heavy atom. The monoisotopic (exact) mass is 259 g/mol. The fourth-order valence-electron chi connectivity index (χ4n) is 2.37. The first-order chi connectivity index (χ1) is 7.81. The largest absolute Gasteiger partial charge is 0.368 e. The van der Waals surface area contributed by atoms with Crippen LogP contribution in [0, 0.1) is 0 Å². The second-order valence-electron chi connectivity index (χ2n) is 4.25. The smallest absolute Gasteiger partial charge is 0.260 e. The van der Waals surface area contributed by atoms with E-state index in [1.165, 1.54) is 14.0 Å². The molecule has 0 aromatic carbocycles. The number of β-lactam (4-membered cyclic amide) rings is 1. The zero-order chi connectivity index (χ0) is 13.0. The van der Waals surface area contributed by atoms with Crippen molar-refractivity contribution < 1.29 is 22.7 Å². The van der Waals surface area contributed by atoms with E-state index in [4.69, 9.17) is 4.74 Å². The maximum Gasteiger partial charge on any atom is 0.260 e. The molecular formula is C10H13NO5S. The number of hydrogen-bond acceptors (Lipinski definition) is 5. The highest BCUT2D eigenvalue weighted by molar-refractivity contribution is 7.92. The van der Waals surface area contributed by atoms with E-state index in [1.54, 1.807) is 6.92 Å². The van der Waals surface area contributed by atoms with Crippen molar-refractivity contribution in [2.75, 3.05) is 12.9 Å². The van der Waals surface area contributed by atoms with Crippen molar-refractivity contribution in [3.8, 4) is 0 Å². The molecule has 1 saturated heterocycles. The zero-order valence-corrected chi connectivity index (χ0v) is 10.6. The van der Waals surface area contributed by atoms with Gasteiger partial charge in [0, 0.05) is 14.0 Å². The van der Waals surface area contributed by atoms with E-state index in [0.717, 1.165) is 4.90 Å². The van der Waals surface area contributed by atoms with Crippen LogP contribution in [0.5, 0.6) is 0 Å². The molecule has 2 atom stereocenters. The fraction of sp³-hybridized carbons (Fsp3) is 0.600. The molecular weight excluding hydrogens is 246 g/mol. The number of rotatable bonds is 2. The minimum absolute atomic E-state index is 0.197. The molecule has 0 N–H and O–H groups in total. The van der Waals surface area contributed by atoms with Crippen molar-refractivity contribution >= 4 is 21.5 Å². The molecule has 2 aliphatic rings. The van der Waals surface area contributed by atoms with Gasteiger partial charge in [-0.25, -0.2) is 8.42 Å². The van der Waals surface area contributed by atoms with Crippen LogP contribution in [0.25, 0.3) is 0 Å². The third-order valence-electron chi connectivity index (χ3n) is 3.01. The predicted octanol–water partition coefficient (Wildman–Crippen LogP) is -0.539. The second kappa shape index (κ2) is 3.64. The number of carbonyl (C=O) groups excluding carboxylic acids is 2. The Morgan fingerprint density at radius 2 is 2.06 bits per heavy atom. The molecule has 6 nitrogen and oxygen atoms in total. The summed E-state index contributed by atoms with van der Waals surface area (Å²) in [5.41, 5.74) is 0.611. The van der Waals surface area contributed by atoms with Crippen LogP contribution in [0.15, 0.2) is 11.3 Å². The molecule has 0 bridgehead atoms. The molecule has 17 heavy (non-hydrogen) atoms. The average Bonchev–Trinajstić information content (AvgIpc) is 2.18. The predicted molar refractivity (Wildman–Crippen MR) is 58.6 cm³/mol. The number of allylic oxidation sites excluding steroid dienone is 1. The Balaban J connectivity index is 2.54. The maximum absolute atomic E-state index is 11.9. The van der Waals surface area contributed by atoms with Crippen LogP contribution in [0.3, 0.4) is 0 Å². The quantitative estimate of drug-likeness (QED) is 0.622. The van der Waals surface area contributed by atoms with Crippen LogP contribution in [-0.2, 0) is 24.2 Å². The zero-order valence-electron chi connectivity index (χ0n) is 9.76. The standard InChI is InChI=1S/C10H13NO5S/c1-5-4-17(14,15)10-8(16-3)9(13)11(10)7(5)6(2)12/h8,10H,4H2,1-3H3/t8-,10+/m0/s1. The number of methoxy groups -OCH3 is 1. The van der Waals surface area contributed by atoms with Crippen molar-refractivity contribution in [3.05, 3.63) is 11.3 Å². The number of fused-ring (bicyclic) bond motifs is 1. The molecule has 1 amide bonds. The van der Waals surface area contributed by atoms with Gasteiger partial charge in [0.05, 0.1) is 11.4 Å². The van der Waals surface area contributed by atoms with E-state index < -0.39 is 27.2 Å². The Labute approximate surface area is 99.1 Å². The lowest BCUT2D eigenvalue weighted by Gasteiger charge is -2.48. The number of Topliss-reactive ketones (excluding diaryl/α,β-unsaturated/α-hetero) is 1. The Morgan fingerprint density at radius 1 is 1.47 bits per heavy atom. The summed E-state index contributed by atoms with van der Waals surface area (Å²) in [4.78, 5) is 24.2. The van der Waals surface area contributed by atoms with Crippen LogP contribution in [0.4, 0.5) is 0 Å². The van der Waals surface area contributed by atoms with Gasteiger partial charge in [-0.3, -0.25) is 14.5 Å².